The molecule has 1 N–H and O–H groups in total. The number of ether oxygens (including phenoxy) is 2. The summed E-state index contributed by atoms with van der Waals surface area (Å²) in [5.41, 5.74) is 2.16. The van der Waals surface area contributed by atoms with Crippen molar-refractivity contribution < 1.29 is 14.6 Å². The monoisotopic (exact) mass is 472 g/mol. The first-order valence-corrected chi connectivity index (χ1v) is 12.9. The third-order valence-electron chi connectivity index (χ3n) is 6.78. The Bertz CT molecular complexity index is 973. The molecule has 0 atom stereocenters. The first kappa shape index (κ1) is 26.4. The van der Waals surface area contributed by atoms with Gasteiger partial charge in [0, 0.05) is 0 Å². The van der Waals surface area contributed by atoms with Crippen LogP contribution in [0, 0.1) is 0 Å². The highest BCUT2D eigenvalue weighted by Crippen LogP contribution is 2.45. The summed E-state index contributed by atoms with van der Waals surface area (Å²) in [6.45, 7) is 2.25. The van der Waals surface area contributed by atoms with Gasteiger partial charge in [-0.05, 0) is 59.9 Å². The highest BCUT2D eigenvalue weighted by molar-refractivity contribution is 5.58. The van der Waals surface area contributed by atoms with Gasteiger partial charge in [0.05, 0.1) is 14.2 Å². The van der Waals surface area contributed by atoms with E-state index in [2.05, 4.69) is 19.1 Å². The molecule has 35 heavy (non-hydrogen) atoms. The molecule has 3 nitrogen and oxygen atoms in total. The Labute approximate surface area is 211 Å². The molecule has 0 bridgehead atoms. The van der Waals surface area contributed by atoms with E-state index in [9.17, 15) is 5.11 Å². The van der Waals surface area contributed by atoms with Gasteiger partial charge in [-0.25, -0.2) is 0 Å². The number of benzene rings is 3. The number of unbranched alkanes of at least 4 members (excludes halogenated alkanes) is 7. The van der Waals surface area contributed by atoms with E-state index in [4.69, 9.17) is 9.47 Å². The van der Waals surface area contributed by atoms with Crippen LogP contribution in [0.15, 0.2) is 90.7 Å². The summed E-state index contributed by atoms with van der Waals surface area (Å²) in [5.74, 6) is 1.93. The van der Waals surface area contributed by atoms with Crippen LogP contribution >= 0.6 is 0 Å². The summed E-state index contributed by atoms with van der Waals surface area (Å²) in [4.78, 5) is 0. The van der Waals surface area contributed by atoms with E-state index < -0.39 is 5.41 Å². The lowest BCUT2D eigenvalue weighted by molar-refractivity contribution is 0.342. The van der Waals surface area contributed by atoms with E-state index in [0.29, 0.717) is 5.76 Å². The second-order valence-electron chi connectivity index (χ2n) is 9.07. The van der Waals surface area contributed by atoms with Crippen LogP contribution in [0.5, 0.6) is 11.5 Å². The standard InChI is InChI=1S/C32H40O3/c1-4-5-6-7-8-9-10-14-17-31(33)32(26-15-12-11-13-16-26,27-18-22-29(34-2)23-19-27)28-20-24-30(35-3)25-21-28/h11-13,15-25,33H,4-10,14H2,1-3H3. The predicted molar refractivity (Wildman–Crippen MR) is 146 cm³/mol. The van der Waals surface area contributed by atoms with E-state index in [1.165, 1.54) is 38.5 Å². The molecule has 0 saturated carbocycles. The summed E-state index contributed by atoms with van der Waals surface area (Å²) >= 11 is 0. The van der Waals surface area contributed by atoms with Crippen molar-refractivity contribution in [1.82, 2.24) is 0 Å². The van der Waals surface area contributed by atoms with Crippen LogP contribution in [-0.2, 0) is 5.41 Å². The van der Waals surface area contributed by atoms with E-state index in [1.807, 2.05) is 72.8 Å². The topological polar surface area (TPSA) is 38.7 Å². The molecular weight excluding hydrogens is 432 g/mol. The number of hydrogen-bond acceptors (Lipinski definition) is 3. The minimum atomic E-state index is -0.832. The molecule has 0 aromatic heterocycles. The molecule has 3 rings (SSSR count). The van der Waals surface area contributed by atoms with Crippen LogP contribution in [0.3, 0.4) is 0 Å². The summed E-state index contributed by atoms with van der Waals surface area (Å²) in [5, 5.41) is 11.8. The smallest absolute Gasteiger partial charge is 0.118 e. The van der Waals surface area contributed by atoms with Gasteiger partial charge in [0.1, 0.15) is 22.7 Å². The molecule has 0 aliphatic heterocycles. The summed E-state index contributed by atoms with van der Waals surface area (Å²) in [7, 11) is 3.34. The Kier molecular flexibility index (Phi) is 10.3. The fourth-order valence-electron chi connectivity index (χ4n) is 4.81. The fourth-order valence-corrected chi connectivity index (χ4v) is 4.81. The van der Waals surface area contributed by atoms with Crippen LogP contribution in [0.4, 0.5) is 0 Å². The normalized spacial score (nSPS) is 11.9. The summed E-state index contributed by atoms with van der Waals surface area (Å²) in [6, 6.07) is 26.3. The van der Waals surface area contributed by atoms with E-state index in [0.717, 1.165) is 41.0 Å². The molecule has 0 radical (unpaired) electrons. The summed E-state index contributed by atoms with van der Waals surface area (Å²) < 4.78 is 10.8. The fraction of sp³-hybridized carbons (Fsp3) is 0.375. The third kappa shape index (κ3) is 6.48. The molecule has 0 aliphatic rings. The second-order valence-corrected chi connectivity index (χ2v) is 9.07. The predicted octanol–water partition coefficient (Wildman–Crippen LogP) is 8.62. The third-order valence-corrected chi connectivity index (χ3v) is 6.78. The molecule has 3 aromatic carbocycles. The van der Waals surface area contributed by atoms with E-state index >= 15 is 0 Å². The molecule has 0 unspecified atom stereocenters. The average molecular weight is 473 g/mol. The molecule has 0 heterocycles. The van der Waals surface area contributed by atoms with Crippen molar-refractivity contribution >= 4 is 0 Å². The van der Waals surface area contributed by atoms with Crippen molar-refractivity contribution in [3.8, 4) is 11.5 Å². The molecule has 0 fully saturated rings. The average Bonchev–Trinajstić information content (AvgIpc) is 2.92. The Morgan fingerprint density at radius 3 is 1.60 bits per heavy atom. The van der Waals surface area contributed by atoms with Crippen LogP contribution < -0.4 is 9.47 Å². The van der Waals surface area contributed by atoms with Crippen molar-refractivity contribution in [2.45, 2.75) is 63.7 Å². The largest absolute Gasteiger partial charge is 0.511 e. The Morgan fingerprint density at radius 2 is 1.11 bits per heavy atom. The number of rotatable bonds is 14. The van der Waals surface area contributed by atoms with Gasteiger partial charge in [-0.15, -0.1) is 0 Å². The Morgan fingerprint density at radius 1 is 0.657 bits per heavy atom. The first-order chi connectivity index (χ1) is 17.2. The molecule has 0 saturated heterocycles. The van der Waals surface area contributed by atoms with Gasteiger partial charge >= 0.3 is 0 Å². The molecule has 0 spiro atoms. The van der Waals surface area contributed by atoms with Gasteiger partial charge < -0.3 is 14.6 Å². The van der Waals surface area contributed by atoms with Crippen molar-refractivity contribution in [3.05, 3.63) is 107 Å². The van der Waals surface area contributed by atoms with Gasteiger partial charge in [-0.3, -0.25) is 0 Å². The number of allylic oxidation sites excluding steroid dienone is 2. The van der Waals surface area contributed by atoms with Crippen molar-refractivity contribution in [2.75, 3.05) is 14.2 Å². The van der Waals surface area contributed by atoms with Gasteiger partial charge in [-0.2, -0.15) is 0 Å². The maximum atomic E-state index is 11.8. The molecule has 0 amide bonds. The van der Waals surface area contributed by atoms with Gasteiger partial charge in [0.25, 0.3) is 0 Å². The lowest BCUT2D eigenvalue weighted by Gasteiger charge is -2.35. The molecule has 0 aliphatic carbocycles. The summed E-state index contributed by atoms with van der Waals surface area (Å²) in [6.07, 6.45) is 11.6. The van der Waals surface area contributed by atoms with Crippen LogP contribution in [0.25, 0.3) is 0 Å². The van der Waals surface area contributed by atoms with Crippen molar-refractivity contribution in [1.29, 1.82) is 0 Å². The quantitative estimate of drug-likeness (QED) is 0.145. The lowest BCUT2D eigenvalue weighted by atomic mass is 9.67. The molecule has 3 heteroatoms. The highest BCUT2D eigenvalue weighted by atomic mass is 16.5. The minimum Gasteiger partial charge on any atom is -0.511 e. The second kappa shape index (κ2) is 13.6. The minimum absolute atomic E-state index is 0.352. The number of aliphatic hydroxyl groups excluding tert-OH is 1. The number of methoxy groups -OCH3 is 2. The zero-order valence-electron chi connectivity index (χ0n) is 21.5. The van der Waals surface area contributed by atoms with Crippen LogP contribution in [-0.4, -0.2) is 19.3 Å². The number of aliphatic hydroxyl groups is 1. The number of hydrogen-bond donors (Lipinski definition) is 1. The maximum Gasteiger partial charge on any atom is 0.118 e. The van der Waals surface area contributed by atoms with Gasteiger partial charge in [0.2, 0.25) is 0 Å². The lowest BCUT2D eigenvalue weighted by Crippen LogP contribution is -2.32. The Balaban J connectivity index is 2.01. The van der Waals surface area contributed by atoms with E-state index in [1.54, 1.807) is 14.2 Å². The maximum absolute atomic E-state index is 11.8. The van der Waals surface area contributed by atoms with Crippen molar-refractivity contribution in [3.63, 3.8) is 0 Å². The molecule has 3 aromatic rings. The van der Waals surface area contributed by atoms with Crippen molar-refractivity contribution in [2.24, 2.45) is 0 Å². The van der Waals surface area contributed by atoms with Crippen LogP contribution in [0.1, 0.15) is 75.0 Å². The molecular formula is C32H40O3. The molecule has 186 valence electrons. The zero-order valence-corrected chi connectivity index (χ0v) is 21.5. The van der Waals surface area contributed by atoms with E-state index in [-0.39, 0.29) is 0 Å². The van der Waals surface area contributed by atoms with Crippen LogP contribution in [0.2, 0.25) is 0 Å². The van der Waals surface area contributed by atoms with Gasteiger partial charge in [-0.1, -0.05) is 100 Å². The SMILES string of the molecule is CCCCCCCCCC=C(O)C(c1ccccc1)(c1ccc(OC)cc1)c1ccc(OC)cc1. The van der Waals surface area contributed by atoms with Gasteiger partial charge in [0.15, 0.2) is 0 Å². The zero-order chi connectivity index (χ0) is 24.9. The highest BCUT2D eigenvalue weighted by Gasteiger charge is 2.40. The Hall–Kier alpha value is -3.20. The first-order valence-electron chi connectivity index (χ1n) is 12.9.